The zero-order valence-electron chi connectivity index (χ0n) is 9.88. The molecule has 0 aliphatic carbocycles. The summed E-state index contributed by atoms with van der Waals surface area (Å²) in [6.07, 6.45) is -0.528. The predicted octanol–water partition coefficient (Wildman–Crippen LogP) is 1.07. The summed E-state index contributed by atoms with van der Waals surface area (Å²) < 4.78 is 31.9. The summed E-state index contributed by atoms with van der Waals surface area (Å²) in [4.78, 5) is 11.4. The number of benzene rings is 1. The minimum atomic E-state index is -1.22. The smallest absolute Gasteiger partial charge is 0.328 e. The lowest BCUT2D eigenvalue weighted by atomic mass is 10.2. The monoisotopic (exact) mass is 274 g/mol. The van der Waals surface area contributed by atoms with E-state index >= 15 is 0 Å². The van der Waals surface area contributed by atoms with Gasteiger partial charge in [-0.15, -0.1) is 0 Å². The van der Waals surface area contributed by atoms with E-state index in [2.05, 4.69) is 0 Å². The van der Waals surface area contributed by atoms with E-state index in [1.165, 1.54) is 4.90 Å². The molecule has 8 heteroatoms. The van der Waals surface area contributed by atoms with Gasteiger partial charge in [0.25, 0.3) is 0 Å². The van der Waals surface area contributed by atoms with Crippen LogP contribution in [0.1, 0.15) is 0 Å². The number of ether oxygens (including phenoxy) is 1. The summed E-state index contributed by atoms with van der Waals surface area (Å²) in [5, 5.41) is 19.9. The summed E-state index contributed by atoms with van der Waals surface area (Å²) in [5.41, 5.74) is -0.899. The summed E-state index contributed by atoms with van der Waals surface area (Å²) in [6, 6.07) is 1.40. The standard InChI is InChI=1S/C11H12F2N2O4/c12-7-3-9(13)11(15(17)18)10(4-7)14-1-2-19-8(5-14)6-16/h3-4,8,16H,1-2,5-6H2. The molecule has 0 aromatic heterocycles. The minimum absolute atomic E-state index is 0.135. The van der Waals surface area contributed by atoms with E-state index in [1.54, 1.807) is 0 Å². The van der Waals surface area contributed by atoms with Crippen LogP contribution >= 0.6 is 0 Å². The number of aliphatic hydroxyl groups is 1. The van der Waals surface area contributed by atoms with Crippen LogP contribution in [0.4, 0.5) is 20.2 Å². The van der Waals surface area contributed by atoms with Gasteiger partial charge in [-0.05, 0) is 0 Å². The number of aliphatic hydroxyl groups excluding tert-OH is 1. The molecule has 0 radical (unpaired) electrons. The van der Waals surface area contributed by atoms with Crippen molar-refractivity contribution in [2.45, 2.75) is 6.10 Å². The Labute approximate surface area is 107 Å². The highest BCUT2D eigenvalue weighted by atomic mass is 19.1. The molecule has 1 saturated heterocycles. The third kappa shape index (κ3) is 2.79. The maximum atomic E-state index is 13.5. The van der Waals surface area contributed by atoms with Crippen molar-refractivity contribution in [1.29, 1.82) is 0 Å². The van der Waals surface area contributed by atoms with E-state index in [4.69, 9.17) is 9.84 Å². The van der Waals surface area contributed by atoms with E-state index in [9.17, 15) is 18.9 Å². The zero-order chi connectivity index (χ0) is 14.0. The third-order valence-electron chi connectivity index (χ3n) is 2.87. The van der Waals surface area contributed by atoms with Gasteiger partial charge in [0.1, 0.15) is 11.5 Å². The molecular formula is C11H12F2N2O4. The lowest BCUT2D eigenvalue weighted by molar-refractivity contribution is -0.386. The first-order valence-corrected chi connectivity index (χ1v) is 5.63. The Morgan fingerprint density at radius 1 is 1.53 bits per heavy atom. The van der Waals surface area contributed by atoms with Crippen LogP contribution in [0.5, 0.6) is 0 Å². The minimum Gasteiger partial charge on any atom is -0.394 e. The molecule has 6 nitrogen and oxygen atoms in total. The number of morpholine rings is 1. The maximum Gasteiger partial charge on any atom is 0.328 e. The van der Waals surface area contributed by atoms with Crippen LogP contribution in [0.3, 0.4) is 0 Å². The van der Waals surface area contributed by atoms with Crippen molar-refractivity contribution < 1.29 is 23.5 Å². The number of rotatable bonds is 3. The van der Waals surface area contributed by atoms with Crippen molar-refractivity contribution in [2.75, 3.05) is 31.2 Å². The summed E-state index contributed by atoms with van der Waals surface area (Å²) in [5.74, 6) is -2.10. The van der Waals surface area contributed by atoms with E-state index < -0.39 is 28.3 Å². The second kappa shape index (κ2) is 5.45. The van der Waals surface area contributed by atoms with Gasteiger partial charge >= 0.3 is 5.69 Å². The van der Waals surface area contributed by atoms with E-state index in [-0.39, 0.29) is 32.0 Å². The van der Waals surface area contributed by atoms with Crippen LogP contribution in [0.25, 0.3) is 0 Å². The van der Waals surface area contributed by atoms with Gasteiger partial charge in [-0.1, -0.05) is 0 Å². The SMILES string of the molecule is O=[N+]([O-])c1c(F)cc(F)cc1N1CCOC(CO)C1. The van der Waals surface area contributed by atoms with Crippen molar-refractivity contribution in [2.24, 2.45) is 0 Å². The van der Waals surface area contributed by atoms with Gasteiger partial charge < -0.3 is 14.7 Å². The van der Waals surface area contributed by atoms with Crippen LogP contribution in [0.15, 0.2) is 12.1 Å². The van der Waals surface area contributed by atoms with Gasteiger partial charge in [-0.25, -0.2) is 4.39 Å². The van der Waals surface area contributed by atoms with Crippen molar-refractivity contribution in [3.8, 4) is 0 Å². The highest BCUT2D eigenvalue weighted by Gasteiger charge is 2.29. The molecule has 1 N–H and O–H groups in total. The average molecular weight is 274 g/mol. The second-order valence-corrected chi connectivity index (χ2v) is 4.13. The van der Waals surface area contributed by atoms with Gasteiger partial charge in [-0.2, -0.15) is 4.39 Å². The first-order valence-electron chi connectivity index (χ1n) is 5.63. The zero-order valence-corrected chi connectivity index (χ0v) is 9.88. The van der Waals surface area contributed by atoms with E-state index in [0.29, 0.717) is 6.07 Å². The molecule has 1 fully saturated rings. The molecule has 0 spiro atoms. The number of nitro groups is 1. The van der Waals surface area contributed by atoms with Gasteiger partial charge in [0.05, 0.1) is 24.2 Å². The van der Waals surface area contributed by atoms with Gasteiger partial charge in [0, 0.05) is 25.2 Å². The molecule has 1 atom stereocenters. The molecule has 0 bridgehead atoms. The molecule has 1 heterocycles. The number of nitro benzene ring substituents is 1. The Kier molecular flexibility index (Phi) is 3.91. The Bertz CT molecular complexity index is 498. The molecule has 1 aliphatic heterocycles. The number of halogens is 2. The first-order chi connectivity index (χ1) is 9.02. The molecule has 104 valence electrons. The molecule has 1 aromatic rings. The Morgan fingerprint density at radius 2 is 2.26 bits per heavy atom. The Morgan fingerprint density at radius 3 is 2.89 bits per heavy atom. The topological polar surface area (TPSA) is 75.8 Å². The molecule has 19 heavy (non-hydrogen) atoms. The lowest BCUT2D eigenvalue weighted by Gasteiger charge is -2.33. The number of hydrogen-bond acceptors (Lipinski definition) is 5. The molecule has 2 rings (SSSR count). The quantitative estimate of drug-likeness (QED) is 0.659. The predicted molar refractivity (Wildman–Crippen MR) is 62.1 cm³/mol. The van der Waals surface area contributed by atoms with Crippen LogP contribution in [0, 0.1) is 21.7 Å². The van der Waals surface area contributed by atoms with Crippen LogP contribution < -0.4 is 4.90 Å². The fourth-order valence-corrected chi connectivity index (χ4v) is 2.02. The molecule has 1 unspecified atom stereocenters. The van der Waals surface area contributed by atoms with Gasteiger partial charge in [-0.3, -0.25) is 10.1 Å². The molecule has 0 amide bonds. The van der Waals surface area contributed by atoms with Crippen LogP contribution in [0.2, 0.25) is 0 Å². The molecular weight excluding hydrogens is 262 g/mol. The fraction of sp³-hybridized carbons (Fsp3) is 0.455. The van der Waals surface area contributed by atoms with E-state index in [1.807, 2.05) is 0 Å². The van der Waals surface area contributed by atoms with Crippen LogP contribution in [-0.4, -0.2) is 42.4 Å². The number of nitrogens with zero attached hydrogens (tertiary/aromatic N) is 2. The highest BCUT2D eigenvalue weighted by Crippen LogP contribution is 2.32. The summed E-state index contributed by atoms with van der Waals surface area (Å²) in [6.45, 7) is 0.364. The average Bonchev–Trinajstić information content (AvgIpc) is 2.37. The maximum absolute atomic E-state index is 13.5. The van der Waals surface area contributed by atoms with E-state index in [0.717, 1.165) is 6.07 Å². The van der Waals surface area contributed by atoms with Crippen molar-refractivity contribution in [1.82, 2.24) is 0 Å². The van der Waals surface area contributed by atoms with Gasteiger partial charge in [0.15, 0.2) is 0 Å². The molecule has 1 aliphatic rings. The van der Waals surface area contributed by atoms with Crippen molar-refractivity contribution in [3.05, 3.63) is 33.9 Å². The Hall–Kier alpha value is -1.80. The number of anilines is 1. The van der Waals surface area contributed by atoms with Crippen molar-refractivity contribution >= 4 is 11.4 Å². The first kappa shape index (κ1) is 13.6. The highest BCUT2D eigenvalue weighted by molar-refractivity contribution is 5.64. The Balaban J connectivity index is 2.40. The number of hydrogen-bond donors (Lipinski definition) is 1. The van der Waals surface area contributed by atoms with Crippen molar-refractivity contribution in [3.63, 3.8) is 0 Å². The molecule has 1 aromatic carbocycles. The largest absolute Gasteiger partial charge is 0.394 e. The third-order valence-corrected chi connectivity index (χ3v) is 2.87. The summed E-state index contributed by atoms with van der Waals surface area (Å²) in [7, 11) is 0. The fourth-order valence-electron chi connectivity index (χ4n) is 2.02. The lowest BCUT2D eigenvalue weighted by Crippen LogP contribution is -2.44. The summed E-state index contributed by atoms with van der Waals surface area (Å²) >= 11 is 0. The normalized spacial score (nSPS) is 19.5. The molecule has 0 saturated carbocycles. The second-order valence-electron chi connectivity index (χ2n) is 4.13. The van der Waals surface area contributed by atoms with Gasteiger partial charge in [0.2, 0.25) is 5.82 Å². The van der Waals surface area contributed by atoms with Crippen LogP contribution in [-0.2, 0) is 4.74 Å².